The highest BCUT2D eigenvalue weighted by Gasteiger charge is 2.15. The fraction of sp³-hybridized carbons (Fsp3) is 0.333. The molecule has 0 aliphatic heterocycles. The molecule has 0 aliphatic rings. The lowest BCUT2D eigenvalue weighted by Crippen LogP contribution is -2.08. The second kappa shape index (κ2) is 6.73. The van der Waals surface area contributed by atoms with Crippen molar-refractivity contribution in [1.29, 1.82) is 0 Å². The fourth-order valence-corrected chi connectivity index (χ4v) is 1.44. The number of ether oxygens (including phenoxy) is 2. The zero-order valence-electron chi connectivity index (χ0n) is 11.6. The Hall–Kier alpha value is -2.10. The van der Waals surface area contributed by atoms with E-state index in [-0.39, 0.29) is 11.3 Å². The summed E-state index contributed by atoms with van der Waals surface area (Å²) in [5.74, 6) is -0.217. The second-order valence-corrected chi connectivity index (χ2v) is 4.35. The molecule has 0 atom stereocenters. The number of carbonyl (C=O) groups is 2. The third-order valence-electron chi connectivity index (χ3n) is 2.52. The van der Waals surface area contributed by atoms with E-state index in [0.29, 0.717) is 17.9 Å². The van der Waals surface area contributed by atoms with Crippen LogP contribution in [0.3, 0.4) is 0 Å². The van der Waals surface area contributed by atoms with Crippen molar-refractivity contribution >= 4 is 11.8 Å². The molecule has 0 N–H and O–H groups in total. The monoisotopic (exact) mass is 262 g/mol. The molecule has 0 bridgehead atoms. The van der Waals surface area contributed by atoms with E-state index in [9.17, 15) is 9.59 Å². The lowest BCUT2D eigenvalue weighted by atomic mass is 10.1. The van der Waals surface area contributed by atoms with Gasteiger partial charge in [-0.05, 0) is 45.0 Å². The molecular formula is C15H18O4. The molecule has 0 saturated carbocycles. The van der Waals surface area contributed by atoms with Crippen LogP contribution in [-0.2, 0) is 4.74 Å². The standard InChI is InChI=1S/C15H18O4/c1-10(2)7-8-19-14-6-5-12(11(3)16)9-13(14)15(17)18-4/h5-7,9H,8H2,1-4H3. The lowest BCUT2D eigenvalue weighted by Gasteiger charge is -2.10. The minimum atomic E-state index is -0.518. The van der Waals surface area contributed by atoms with Gasteiger partial charge in [-0.3, -0.25) is 4.79 Å². The van der Waals surface area contributed by atoms with Crippen LogP contribution in [0.5, 0.6) is 5.75 Å². The summed E-state index contributed by atoms with van der Waals surface area (Å²) in [6, 6.07) is 4.74. The first-order chi connectivity index (χ1) is 8.95. The van der Waals surface area contributed by atoms with E-state index in [1.807, 2.05) is 19.9 Å². The number of Topliss-reactive ketones (excluding diaryl/α,β-unsaturated/α-hetero) is 1. The predicted molar refractivity (Wildman–Crippen MR) is 72.7 cm³/mol. The van der Waals surface area contributed by atoms with Crippen molar-refractivity contribution in [2.45, 2.75) is 20.8 Å². The largest absolute Gasteiger partial charge is 0.489 e. The number of ketones is 1. The number of benzene rings is 1. The summed E-state index contributed by atoms with van der Waals surface area (Å²) in [4.78, 5) is 23.0. The number of carbonyl (C=O) groups excluding carboxylic acids is 2. The van der Waals surface area contributed by atoms with Crippen LogP contribution >= 0.6 is 0 Å². The molecule has 1 rings (SSSR count). The van der Waals surface area contributed by atoms with Gasteiger partial charge in [0.25, 0.3) is 0 Å². The average molecular weight is 262 g/mol. The van der Waals surface area contributed by atoms with Crippen LogP contribution in [0.15, 0.2) is 29.8 Å². The Morgan fingerprint density at radius 2 is 1.89 bits per heavy atom. The molecule has 1 aromatic carbocycles. The first-order valence-electron chi connectivity index (χ1n) is 5.95. The number of methoxy groups -OCH3 is 1. The number of hydrogen-bond acceptors (Lipinski definition) is 4. The first kappa shape index (κ1) is 15.0. The van der Waals surface area contributed by atoms with E-state index in [1.54, 1.807) is 12.1 Å². The van der Waals surface area contributed by atoms with Crippen LogP contribution in [0.2, 0.25) is 0 Å². The summed E-state index contributed by atoms with van der Waals surface area (Å²) in [6.07, 6.45) is 1.90. The van der Waals surface area contributed by atoms with Crippen LogP contribution in [0.4, 0.5) is 0 Å². The molecule has 4 heteroatoms. The van der Waals surface area contributed by atoms with E-state index in [2.05, 4.69) is 0 Å². The highest BCUT2D eigenvalue weighted by molar-refractivity contribution is 5.99. The molecule has 0 saturated heterocycles. The molecule has 0 aliphatic carbocycles. The molecule has 0 fully saturated rings. The molecular weight excluding hydrogens is 244 g/mol. The third-order valence-corrected chi connectivity index (χ3v) is 2.52. The summed E-state index contributed by atoms with van der Waals surface area (Å²) in [6.45, 7) is 5.73. The maximum Gasteiger partial charge on any atom is 0.341 e. The van der Waals surface area contributed by atoms with Crippen molar-refractivity contribution in [3.63, 3.8) is 0 Å². The molecule has 0 unspecified atom stereocenters. The van der Waals surface area contributed by atoms with E-state index in [0.717, 1.165) is 5.57 Å². The van der Waals surface area contributed by atoms with Gasteiger partial charge in [0, 0.05) is 5.56 Å². The molecule has 4 nitrogen and oxygen atoms in total. The average Bonchev–Trinajstić information content (AvgIpc) is 2.37. The minimum absolute atomic E-state index is 0.110. The smallest absolute Gasteiger partial charge is 0.341 e. The Labute approximate surface area is 113 Å². The van der Waals surface area contributed by atoms with Crippen molar-refractivity contribution in [3.8, 4) is 5.75 Å². The zero-order chi connectivity index (χ0) is 14.4. The molecule has 19 heavy (non-hydrogen) atoms. The maximum atomic E-state index is 11.7. The Bertz CT molecular complexity index is 511. The van der Waals surface area contributed by atoms with Gasteiger partial charge < -0.3 is 9.47 Å². The van der Waals surface area contributed by atoms with Gasteiger partial charge >= 0.3 is 5.97 Å². The zero-order valence-corrected chi connectivity index (χ0v) is 11.6. The molecule has 0 spiro atoms. The van der Waals surface area contributed by atoms with Gasteiger partial charge in [0.1, 0.15) is 17.9 Å². The molecule has 0 heterocycles. The minimum Gasteiger partial charge on any atom is -0.489 e. The van der Waals surface area contributed by atoms with Gasteiger partial charge in [0.05, 0.1) is 7.11 Å². The lowest BCUT2D eigenvalue weighted by molar-refractivity contribution is 0.0596. The first-order valence-corrected chi connectivity index (χ1v) is 5.95. The normalized spacial score (nSPS) is 9.68. The number of rotatable bonds is 5. The molecule has 0 amide bonds. The summed E-state index contributed by atoms with van der Waals surface area (Å²) in [7, 11) is 1.29. The van der Waals surface area contributed by atoms with Crippen molar-refractivity contribution in [2.75, 3.05) is 13.7 Å². The van der Waals surface area contributed by atoms with E-state index in [4.69, 9.17) is 9.47 Å². The fourth-order valence-electron chi connectivity index (χ4n) is 1.44. The molecule has 1 aromatic rings. The van der Waals surface area contributed by atoms with Gasteiger partial charge in [-0.25, -0.2) is 4.79 Å². The van der Waals surface area contributed by atoms with E-state index < -0.39 is 5.97 Å². The quantitative estimate of drug-likeness (QED) is 0.465. The van der Waals surface area contributed by atoms with E-state index >= 15 is 0 Å². The summed E-state index contributed by atoms with van der Waals surface area (Å²) >= 11 is 0. The predicted octanol–water partition coefficient (Wildman–Crippen LogP) is 3.02. The van der Waals surface area contributed by atoms with Gasteiger partial charge in [-0.2, -0.15) is 0 Å². The second-order valence-electron chi connectivity index (χ2n) is 4.35. The molecule has 102 valence electrons. The van der Waals surface area contributed by atoms with Gasteiger partial charge in [0.2, 0.25) is 0 Å². The third kappa shape index (κ3) is 4.25. The van der Waals surface area contributed by atoms with Crippen LogP contribution < -0.4 is 4.74 Å². The van der Waals surface area contributed by atoms with Gasteiger partial charge in [0.15, 0.2) is 5.78 Å². The van der Waals surface area contributed by atoms with Crippen LogP contribution in [0.1, 0.15) is 41.5 Å². The number of esters is 1. The topological polar surface area (TPSA) is 52.6 Å². The summed E-state index contributed by atoms with van der Waals surface area (Å²) < 4.78 is 10.2. The number of allylic oxidation sites excluding steroid dienone is 1. The van der Waals surface area contributed by atoms with Gasteiger partial charge in [-0.15, -0.1) is 0 Å². The SMILES string of the molecule is COC(=O)c1cc(C(C)=O)ccc1OCC=C(C)C. The van der Waals surface area contributed by atoms with Crippen molar-refractivity contribution in [3.05, 3.63) is 41.0 Å². The van der Waals surface area contributed by atoms with Crippen LogP contribution in [0.25, 0.3) is 0 Å². The van der Waals surface area contributed by atoms with Crippen molar-refractivity contribution in [1.82, 2.24) is 0 Å². The van der Waals surface area contributed by atoms with Crippen molar-refractivity contribution < 1.29 is 19.1 Å². The summed E-state index contributed by atoms with van der Waals surface area (Å²) in [5.41, 5.74) is 1.84. The molecule has 0 aromatic heterocycles. The van der Waals surface area contributed by atoms with Crippen LogP contribution in [0, 0.1) is 0 Å². The molecule has 0 radical (unpaired) electrons. The maximum absolute atomic E-state index is 11.7. The highest BCUT2D eigenvalue weighted by atomic mass is 16.5. The Morgan fingerprint density at radius 1 is 1.21 bits per heavy atom. The Morgan fingerprint density at radius 3 is 2.42 bits per heavy atom. The van der Waals surface area contributed by atoms with Crippen LogP contribution in [-0.4, -0.2) is 25.5 Å². The van der Waals surface area contributed by atoms with Gasteiger partial charge in [-0.1, -0.05) is 5.57 Å². The summed E-state index contributed by atoms with van der Waals surface area (Å²) in [5, 5.41) is 0. The van der Waals surface area contributed by atoms with E-state index in [1.165, 1.54) is 20.1 Å². The number of hydrogen-bond donors (Lipinski definition) is 0. The Kier molecular flexibility index (Phi) is 5.30. The van der Waals surface area contributed by atoms with Crippen molar-refractivity contribution in [2.24, 2.45) is 0 Å². The highest BCUT2D eigenvalue weighted by Crippen LogP contribution is 2.21. The Balaban J connectivity index is 3.05.